The highest BCUT2D eigenvalue weighted by molar-refractivity contribution is 5.76. The summed E-state index contributed by atoms with van der Waals surface area (Å²) in [4.78, 5) is 11.4. The van der Waals surface area contributed by atoms with E-state index in [-0.39, 0.29) is 12.5 Å². The van der Waals surface area contributed by atoms with Gasteiger partial charge >= 0.3 is 0 Å². The number of nitrogens with one attached hydrogen (secondary N) is 1. The molecule has 0 heterocycles. The Labute approximate surface area is 98.4 Å². The lowest BCUT2D eigenvalue weighted by Crippen LogP contribution is -2.35. The number of amides is 1. The molecule has 0 unspecified atom stereocenters. The second-order valence-corrected chi connectivity index (χ2v) is 5.04. The summed E-state index contributed by atoms with van der Waals surface area (Å²) in [6.45, 7) is 9.06. The highest BCUT2D eigenvalue weighted by atomic mass is 16.5. The molecule has 0 aliphatic rings. The molecule has 96 valence electrons. The molecule has 0 bridgehead atoms. The van der Waals surface area contributed by atoms with Crippen molar-refractivity contribution in [3.63, 3.8) is 0 Å². The standard InChI is InChI=1S/C12H25NO3/c1-10(2)5-8-16-12(3,4)9-11(15)13-6-7-14/h10,14H,5-9H2,1-4H3,(H,13,15). The van der Waals surface area contributed by atoms with Crippen molar-refractivity contribution in [1.82, 2.24) is 5.32 Å². The first kappa shape index (κ1) is 15.4. The average Bonchev–Trinajstić information content (AvgIpc) is 2.12. The van der Waals surface area contributed by atoms with E-state index in [9.17, 15) is 4.79 Å². The third-order valence-corrected chi connectivity index (χ3v) is 2.21. The molecular weight excluding hydrogens is 206 g/mol. The molecule has 0 aromatic heterocycles. The van der Waals surface area contributed by atoms with Crippen molar-refractivity contribution in [3.8, 4) is 0 Å². The van der Waals surface area contributed by atoms with E-state index in [1.165, 1.54) is 0 Å². The smallest absolute Gasteiger partial charge is 0.222 e. The van der Waals surface area contributed by atoms with Crippen LogP contribution in [0.1, 0.15) is 40.5 Å². The Morgan fingerprint density at radius 2 is 2.06 bits per heavy atom. The third kappa shape index (κ3) is 8.68. The van der Waals surface area contributed by atoms with Crippen molar-refractivity contribution in [1.29, 1.82) is 0 Å². The van der Waals surface area contributed by atoms with E-state index in [1.54, 1.807) is 0 Å². The first-order valence-electron chi connectivity index (χ1n) is 5.89. The quantitative estimate of drug-likeness (QED) is 0.662. The van der Waals surface area contributed by atoms with Gasteiger partial charge < -0.3 is 15.2 Å². The Hall–Kier alpha value is -0.610. The molecule has 0 saturated heterocycles. The van der Waals surface area contributed by atoms with Gasteiger partial charge in [-0.2, -0.15) is 0 Å². The number of aliphatic hydroxyl groups is 1. The molecule has 0 aliphatic heterocycles. The Morgan fingerprint density at radius 3 is 2.56 bits per heavy atom. The Balaban J connectivity index is 3.80. The number of hydrogen-bond donors (Lipinski definition) is 2. The predicted octanol–water partition coefficient (Wildman–Crippen LogP) is 1.33. The summed E-state index contributed by atoms with van der Waals surface area (Å²) in [6.07, 6.45) is 1.33. The zero-order chi connectivity index (χ0) is 12.6. The van der Waals surface area contributed by atoms with Gasteiger partial charge in [0.1, 0.15) is 0 Å². The van der Waals surface area contributed by atoms with E-state index in [2.05, 4.69) is 19.2 Å². The van der Waals surface area contributed by atoms with Crippen LogP contribution in [-0.2, 0) is 9.53 Å². The summed E-state index contributed by atoms with van der Waals surface area (Å²) in [5.41, 5.74) is -0.436. The van der Waals surface area contributed by atoms with Crippen molar-refractivity contribution in [2.24, 2.45) is 5.92 Å². The molecule has 0 aromatic carbocycles. The van der Waals surface area contributed by atoms with Gasteiger partial charge in [0.2, 0.25) is 5.91 Å². The van der Waals surface area contributed by atoms with Gasteiger partial charge in [-0.25, -0.2) is 0 Å². The fourth-order valence-corrected chi connectivity index (χ4v) is 1.27. The summed E-state index contributed by atoms with van der Waals surface area (Å²) in [5.74, 6) is 0.530. The molecule has 0 saturated carbocycles. The van der Waals surface area contributed by atoms with Crippen LogP contribution in [0, 0.1) is 5.92 Å². The molecule has 4 heteroatoms. The van der Waals surface area contributed by atoms with Gasteiger partial charge in [-0.05, 0) is 26.2 Å². The maximum Gasteiger partial charge on any atom is 0.222 e. The summed E-state index contributed by atoms with van der Waals surface area (Å²) < 4.78 is 5.67. The highest BCUT2D eigenvalue weighted by Crippen LogP contribution is 2.15. The van der Waals surface area contributed by atoms with Crippen LogP contribution in [0.5, 0.6) is 0 Å². The largest absolute Gasteiger partial charge is 0.395 e. The molecule has 0 radical (unpaired) electrons. The van der Waals surface area contributed by atoms with Crippen molar-refractivity contribution < 1.29 is 14.6 Å². The minimum absolute atomic E-state index is 0.0274. The van der Waals surface area contributed by atoms with Gasteiger partial charge in [0.15, 0.2) is 0 Å². The normalized spacial score (nSPS) is 11.9. The van der Waals surface area contributed by atoms with E-state index in [0.717, 1.165) is 6.42 Å². The van der Waals surface area contributed by atoms with Crippen LogP contribution < -0.4 is 5.32 Å². The molecule has 0 atom stereocenters. The monoisotopic (exact) mass is 231 g/mol. The molecule has 0 fully saturated rings. The summed E-state index contributed by atoms with van der Waals surface area (Å²) in [6, 6.07) is 0. The molecule has 2 N–H and O–H groups in total. The topological polar surface area (TPSA) is 58.6 Å². The number of aliphatic hydroxyl groups excluding tert-OH is 1. The van der Waals surface area contributed by atoms with Gasteiger partial charge in [-0.1, -0.05) is 13.8 Å². The summed E-state index contributed by atoms with van der Waals surface area (Å²) in [5, 5.41) is 11.2. The van der Waals surface area contributed by atoms with E-state index < -0.39 is 5.60 Å². The second kappa shape index (κ2) is 7.63. The van der Waals surface area contributed by atoms with E-state index in [4.69, 9.17) is 9.84 Å². The summed E-state index contributed by atoms with van der Waals surface area (Å²) in [7, 11) is 0. The third-order valence-electron chi connectivity index (χ3n) is 2.21. The van der Waals surface area contributed by atoms with Crippen LogP contribution in [0.2, 0.25) is 0 Å². The molecule has 4 nitrogen and oxygen atoms in total. The van der Waals surface area contributed by atoms with Crippen LogP contribution in [0.3, 0.4) is 0 Å². The van der Waals surface area contributed by atoms with Crippen molar-refractivity contribution in [2.75, 3.05) is 19.8 Å². The number of carbonyl (C=O) groups excluding carboxylic acids is 1. The van der Waals surface area contributed by atoms with Crippen LogP contribution in [-0.4, -0.2) is 36.4 Å². The van der Waals surface area contributed by atoms with Crippen molar-refractivity contribution in [3.05, 3.63) is 0 Å². The average molecular weight is 231 g/mol. The molecule has 0 rings (SSSR count). The van der Waals surface area contributed by atoms with Crippen LogP contribution in [0.25, 0.3) is 0 Å². The number of carbonyl (C=O) groups is 1. The fraction of sp³-hybridized carbons (Fsp3) is 0.917. The van der Waals surface area contributed by atoms with Crippen LogP contribution in [0.15, 0.2) is 0 Å². The Kier molecular flexibility index (Phi) is 7.34. The molecule has 16 heavy (non-hydrogen) atoms. The maximum absolute atomic E-state index is 11.4. The van der Waals surface area contributed by atoms with Crippen molar-refractivity contribution >= 4 is 5.91 Å². The zero-order valence-corrected chi connectivity index (χ0v) is 10.9. The lowest BCUT2D eigenvalue weighted by molar-refractivity contribution is -0.127. The lowest BCUT2D eigenvalue weighted by Gasteiger charge is -2.25. The second-order valence-electron chi connectivity index (χ2n) is 5.04. The molecule has 0 aromatic rings. The van der Waals surface area contributed by atoms with Crippen LogP contribution in [0.4, 0.5) is 0 Å². The minimum Gasteiger partial charge on any atom is -0.395 e. The zero-order valence-electron chi connectivity index (χ0n) is 10.9. The van der Waals surface area contributed by atoms with Gasteiger partial charge in [0.25, 0.3) is 0 Å². The molecule has 0 spiro atoms. The van der Waals surface area contributed by atoms with Gasteiger partial charge in [0, 0.05) is 13.2 Å². The van der Waals surface area contributed by atoms with Gasteiger partial charge in [-0.3, -0.25) is 4.79 Å². The number of ether oxygens (including phenoxy) is 1. The fourth-order valence-electron chi connectivity index (χ4n) is 1.27. The Morgan fingerprint density at radius 1 is 1.44 bits per heavy atom. The lowest BCUT2D eigenvalue weighted by atomic mass is 10.0. The molecular formula is C12H25NO3. The predicted molar refractivity (Wildman–Crippen MR) is 64.2 cm³/mol. The maximum atomic E-state index is 11.4. The number of rotatable bonds is 8. The minimum atomic E-state index is -0.436. The first-order valence-corrected chi connectivity index (χ1v) is 5.89. The Bertz CT molecular complexity index is 202. The van der Waals surface area contributed by atoms with Crippen molar-refractivity contribution in [2.45, 2.75) is 46.1 Å². The SMILES string of the molecule is CC(C)CCOC(C)(C)CC(=O)NCCO. The van der Waals surface area contributed by atoms with Gasteiger partial charge in [0.05, 0.1) is 18.6 Å². The number of hydrogen-bond acceptors (Lipinski definition) is 3. The van der Waals surface area contributed by atoms with Gasteiger partial charge in [-0.15, -0.1) is 0 Å². The summed E-state index contributed by atoms with van der Waals surface area (Å²) >= 11 is 0. The van der Waals surface area contributed by atoms with E-state index in [1.807, 2.05) is 13.8 Å². The first-order chi connectivity index (χ1) is 7.37. The van der Waals surface area contributed by atoms with E-state index >= 15 is 0 Å². The van der Waals surface area contributed by atoms with E-state index in [0.29, 0.717) is 25.5 Å². The molecule has 0 aliphatic carbocycles. The van der Waals surface area contributed by atoms with Crippen LogP contribution >= 0.6 is 0 Å². The molecule has 1 amide bonds. The highest BCUT2D eigenvalue weighted by Gasteiger charge is 2.22.